The highest BCUT2D eigenvalue weighted by atomic mass is 16.5. The molecule has 1 saturated heterocycles. The van der Waals surface area contributed by atoms with Crippen LogP contribution in [0.1, 0.15) is 52.9 Å². The molecule has 0 amide bonds. The van der Waals surface area contributed by atoms with E-state index < -0.39 is 0 Å². The summed E-state index contributed by atoms with van der Waals surface area (Å²) >= 11 is 0. The molecule has 124 valence electrons. The summed E-state index contributed by atoms with van der Waals surface area (Å²) in [6.07, 6.45) is 6.48. The molecular weight excluding hydrogens is 260 g/mol. The van der Waals surface area contributed by atoms with Crippen molar-refractivity contribution in [3.63, 3.8) is 0 Å². The first kappa shape index (κ1) is 17.2. The number of ether oxygens (including phenoxy) is 1. The maximum Gasteiger partial charge on any atom is 0.0469 e. The van der Waals surface area contributed by atoms with Crippen LogP contribution in [0.5, 0.6) is 0 Å². The van der Waals surface area contributed by atoms with E-state index in [1.165, 1.54) is 45.2 Å². The molecule has 2 atom stereocenters. The second kappa shape index (κ2) is 7.94. The van der Waals surface area contributed by atoms with Gasteiger partial charge in [-0.25, -0.2) is 0 Å². The maximum absolute atomic E-state index is 5.47. The van der Waals surface area contributed by atoms with Crippen molar-refractivity contribution >= 4 is 0 Å². The van der Waals surface area contributed by atoms with E-state index in [9.17, 15) is 0 Å². The summed E-state index contributed by atoms with van der Waals surface area (Å²) in [5.74, 6) is 1.66. The molecule has 2 fully saturated rings. The van der Waals surface area contributed by atoms with Crippen molar-refractivity contribution in [2.75, 3.05) is 39.9 Å². The van der Waals surface area contributed by atoms with Crippen molar-refractivity contribution in [3.8, 4) is 0 Å². The molecule has 0 spiro atoms. The molecule has 0 aromatic carbocycles. The lowest BCUT2D eigenvalue weighted by Gasteiger charge is -2.35. The lowest BCUT2D eigenvalue weighted by molar-refractivity contribution is 0.0531. The lowest BCUT2D eigenvalue weighted by atomic mass is 9.84. The van der Waals surface area contributed by atoms with Crippen LogP contribution in [-0.4, -0.2) is 50.8 Å². The van der Waals surface area contributed by atoms with Crippen molar-refractivity contribution in [2.24, 2.45) is 17.3 Å². The van der Waals surface area contributed by atoms with E-state index in [1.807, 2.05) is 0 Å². The number of rotatable bonds is 7. The Morgan fingerprint density at radius 3 is 2.52 bits per heavy atom. The van der Waals surface area contributed by atoms with Gasteiger partial charge in [0.25, 0.3) is 0 Å². The molecule has 0 aromatic rings. The highest BCUT2D eigenvalue weighted by molar-refractivity contribution is 4.97. The third-order valence-corrected chi connectivity index (χ3v) is 5.54. The number of hydrogen-bond donors (Lipinski definition) is 1. The number of hydrogen-bond acceptors (Lipinski definition) is 3. The fourth-order valence-corrected chi connectivity index (χ4v) is 4.30. The highest BCUT2D eigenvalue weighted by Crippen LogP contribution is 2.41. The summed E-state index contributed by atoms with van der Waals surface area (Å²) in [6, 6.07) is 0.689. The second-order valence-corrected chi connectivity index (χ2v) is 8.00. The Labute approximate surface area is 131 Å². The van der Waals surface area contributed by atoms with E-state index in [2.05, 4.69) is 38.0 Å². The predicted molar refractivity (Wildman–Crippen MR) is 89.6 cm³/mol. The van der Waals surface area contributed by atoms with E-state index in [-0.39, 0.29) is 0 Å². The molecule has 0 aromatic heterocycles. The molecule has 3 heteroatoms. The Morgan fingerprint density at radius 1 is 1.14 bits per heavy atom. The fourth-order valence-electron chi connectivity index (χ4n) is 4.30. The molecular formula is C18H36N2O. The molecule has 2 unspecified atom stereocenters. The second-order valence-electron chi connectivity index (χ2n) is 8.00. The van der Waals surface area contributed by atoms with Crippen molar-refractivity contribution in [3.05, 3.63) is 0 Å². The van der Waals surface area contributed by atoms with Gasteiger partial charge in [0.2, 0.25) is 0 Å². The minimum Gasteiger partial charge on any atom is -0.381 e. The standard InChI is InChI=1S/C18H36N2O/c1-5-10-19-17-16(6-9-18(17,2)3)14-20(4)13-15-7-11-21-12-8-15/h15-17,19H,5-14H2,1-4H3. The average Bonchev–Trinajstić information content (AvgIpc) is 2.72. The van der Waals surface area contributed by atoms with Crippen LogP contribution < -0.4 is 5.32 Å². The van der Waals surface area contributed by atoms with Gasteiger partial charge in [0, 0.05) is 32.3 Å². The minimum atomic E-state index is 0.458. The van der Waals surface area contributed by atoms with E-state index in [0.29, 0.717) is 11.5 Å². The molecule has 21 heavy (non-hydrogen) atoms. The first-order valence-corrected chi connectivity index (χ1v) is 9.02. The predicted octanol–water partition coefficient (Wildman–Crippen LogP) is 3.15. The summed E-state index contributed by atoms with van der Waals surface area (Å²) in [5, 5.41) is 3.83. The van der Waals surface area contributed by atoms with Crippen molar-refractivity contribution < 1.29 is 4.74 Å². The van der Waals surface area contributed by atoms with Crippen LogP contribution in [0.25, 0.3) is 0 Å². The molecule has 1 saturated carbocycles. The van der Waals surface area contributed by atoms with Gasteiger partial charge in [-0.2, -0.15) is 0 Å². The monoisotopic (exact) mass is 296 g/mol. The van der Waals surface area contributed by atoms with Gasteiger partial charge in [0.15, 0.2) is 0 Å². The summed E-state index contributed by atoms with van der Waals surface area (Å²) < 4.78 is 5.47. The van der Waals surface area contributed by atoms with Crippen LogP contribution in [-0.2, 0) is 4.74 Å². The third-order valence-electron chi connectivity index (χ3n) is 5.54. The van der Waals surface area contributed by atoms with Gasteiger partial charge in [0.1, 0.15) is 0 Å². The molecule has 0 bridgehead atoms. The largest absolute Gasteiger partial charge is 0.381 e. The Kier molecular flexibility index (Phi) is 6.51. The van der Waals surface area contributed by atoms with Crippen molar-refractivity contribution in [1.29, 1.82) is 0 Å². The zero-order valence-electron chi connectivity index (χ0n) is 14.7. The molecule has 0 radical (unpaired) electrons. The topological polar surface area (TPSA) is 24.5 Å². The van der Waals surface area contributed by atoms with E-state index in [1.54, 1.807) is 0 Å². The Morgan fingerprint density at radius 2 is 1.86 bits per heavy atom. The first-order valence-electron chi connectivity index (χ1n) is 9.02. The molecule has 1 heterocycles. The van der Waals surface area contributed by atoms with Crippen LogP contribution in [0.2, 0.25) is 0 Å². The van der Waals surface area contributed by atoms with Crippen LogP contribution >= 0.6 is 0 Å². The van der Waals surface area contributed by atoms with Crippen molar-refractivity contribution in [2.45, 2.75) is 58.9 Å². The summed E-state index contributed by atoms with van der Waals surface area (Å²) in [7, 11) is 2.32. The lowest BCUT2D eigenvalue weighted by Crippen LogP contribution is -2.46. The molecule has 1 aliphatic heterocycles. The maximum atomic E-state index is 5.47. The average molecular weight is 296 g/mol. The molecule has 1 N–H and O–H groups in total. The van der Waals surface area contributed by atoms with Gasteiger partial charge in [-0.05, 0) is 62.9 Å². The number of nitrogens with zero attached hydrogens (tertiary/aromatic N) is 1. The van der Waals surface area contributed by atoms with Gasteiger partial charge < -0.3 is 15.0 Å². The normalized spacial score (nSPS) is 30.1. The van der Waals surface area contributed by atoms with Gasteiger partial charge in [0.05, 0.1) is 0 Å². The molecule has 3 nitrogen and oxygen atoms in total. The van der Waals surface area contributed by atoms with E-state index >= 15 is 0 Å². The van der Waals surface area contributed by atoms with Crippen LogP contribution in [0, 0.1) is 17.3 Å². The zero-order chi connectivity index (χ0) is 15.3. The molecule has 2 aliphatic rings. The highest BCUT2D eigenvalue weighted by Gasteiger charge is 2.41. The van der Waals surface area contributed by atoms with E-state index in [4.69, 9.17) is 4.74 Å². The van der Waals surface area contributed by atoms with Gasteiger partial charge in [-0.1, -0.05) is 20.8 Å². The number of nitrogens with one attached hydrogen (secondary N) is 1. The first-order chi connectivity index (χ1) is 10.0. The smallest absolute Gasteiger partial charge is 0.0469 e. The third kappa shape index (κ3) is 4.94. The zero-order valence-corrected chi connectivity index (χ0v) is 14.7. The van der Waals surface area contributed by atoms with Crippen LogP contribution in [0.3, 0.4) is 0 Å². The Balaban J connectivity index is 1.81. The fraction of sp³-hybridized carbons (Fsp3) is 1.00. The van der Waals surface area contributed by atoms with Gasteiger partial charge in [-0.15, -0.1) is 0 Å². The quantitative estimate of drug-likeness (QED) is 0.781. The Hall–Kier alpha value is -0.120. The van der Waals surface area contributed by atoms with Gasteiger partial charge >= 0.3 is 0 Å². The minimum absolute atomic E-state index is 0.458. The van der Waals surface area contributed by atoms with Gasteiger partial charge in [-0.3, -0.25) is 0 Å². The van der Waals surface area contributed by atoms with Crippen LogP contribution in [0.15, 0.2) is 0 Å². The van der Waals surface area contributed by atoms with E-state index in [0.717, 1.165) is 31.6 Å². The van der Waals surface area contributed by atoms with Crippen LogP contribution in [0.4, 0.5) is 0 Å². The Bertz CT molecular complexity index is 300. The summed E-state index contributed by atoms with van der Waals surface area (Å²) in [6.45, 7) is 12.8. The molecule has 2 rings (SSSR count). The molecule has 1 aliphatic carbocycles. The van der Waals surface area contributed by atoms with Crippen molar-refractivity contribution in [1.82, 2.24) is 10.2 Å². The summed E-state index contributed by atoms with van der Waals surface area (Å²) in [4.78, 5) is 2.59. The SMILES string of the molecule is CCCNC1C(CN(C)CC2CCOCC2)CCC1(C)C. The summed E-state index contributed by atoms with van der Waals surface area (Å²) in [5.41, 5.74) is 0.458.